The summed E-state index contributed by atoms with van der Waals surface area (Å²) in [7, 11) is 0. The molecule has 0 amide bonds. The van der Waals surface area contributed by atoms with Gasteiger partial charge in [0, 0.05) is 18.2 Å². The first kappa shape index (κ1) is 10.2. The SMILES string of the molecule is CC(C)NCc1ccc2c(c1)CC(=O)O2. The smallest absolute Gasteiger partial charge is 0.315 e. The molecule has 0 aromatic heterocycles. The van der Waals surface area contributed by atoms with Crippen LogP contribution in [0, 0.1) is 0 Å². The van der Waals surface area contributed by atoms with Crippen LogP contribution >= 0.6 is 0 Å². The molecule has 3 nitrogen and oxygen atoms in total. The summed E-state index contributed by atoms with van der Waals surface area (Å²) < 4.78 is 5.03. The van der Waals surface area contributed by atoms with Crippen LogP contribution in [0.4, 0.5) is 0 Å². The molecule has 1 aliphatic rings. The molecule has 0 radical (unpaired) electrons. The lowest BCUT2D eigenvalue weighted by molar-refractivity contribution is -0.131. The minimum absolute atomic E-state index is 0.154. The molecule has 1 N–H and O–H groups in total. The van der Waals surface area contributed by atoms with Crippen LogP contribution in [0.5, 0.6) is 5.75 Å². The summed E-state index contributed by atoms with van der Waals surface area (Å²) in [5.41, 5.74) is 2.20. The van der Waals surface area contributed by atoms with Gasteiger partial charge in [-0.05, 0) is 11.6 Å². The van der Waals surface area contributed by atoms with Crippen LogP contribution in [0.1, 0.15) is 25.0 Å². The second-order valence-electron chi connectivity index (χ2n) is 4.13. The summed E-state index contributed by atoms with van der Waals surface area (Å²) in [6.45, 7) is 5.05. The summed E-state index contributed by atoms with van der Waals surface area (Å²) in [6.07, 6.45) is 0.408. The number of ether oxygens (including phenoxy) is 1. The lowest BCUT2D eigenvalue weighted by atomic mass is 10.1. The van der Waals surface area contributed by atoms with Crippen molar-refractivity contribution in [3.8, 4) is 5.75 Å². The zero-order chi connectivity index (χ0) is 10.8. The van der Waals surface area contributed by atoms with Gasteiger partial charge in [-0.15, -0.1) is 0 Å². The van der Waals surface area contributed by atoms with Gasteiger partial charge in [0.15, 0.2) is 0 Å². The summed E-state index contributed by atoms with van der Waals surface area (Å²) in [4.78, 5) is 11.0. The van der Waals surface area contributed by atoms with Crippen molar-refractivity contribution in [3.63, 3.8) is 0 Å². The maximum atomic E-state index is 11.0. The number of esters is 1. The van der Waals surface area contributed by atoms with Crippen LogP contribution in [0.3, 0.4) is 0 Å². The Morgan fingerprint density at radius 1 is 1.47 bits per heavy atom. The Labute approximate surface area is 89.4 Å². The third-order valence-electron chi connectivity index (χ3n) is 2.40. The highest BCUT2D eigenvalue weighted by atomic mass is 16.5. The van der Waals surface area contributed by atoms with Crippen molar-refractivity contribution in [2.75, 3.05) is 0 Å². The molecular weight excluding hydrogens is 190 g/mol. The van der Waals surface area contributed by atoms with Crippen LogP contribution in [0.25, 0.3) is 0 Å². The highest BCUT2D eigenvalue weighted by Crippen LogP contribution is 2.26. The first-order valence-electron chi connectivity index (χ1n) is 5.21. The molecule has 1 heterocycles. The summed E-state index contributed by atoms with van der Waals surface area (Å²) in [6, 6.07) is 6.37. The Morgan fingerprint density at radius 3 is 3.00 bits per heavy atom. The number of carbonyl (C=O) groups is 1. The fourth-order valence-electron chi connectivity index (χ4n) is 1.62. The van der Waals surface area contributed by atoms with Gasteiger partial charge in [0.05, 0.1) is 6.42 Å². The lowest BCUT2D eigenvalue weighted by Crippen LogP contribution is -2.21. The monoisotopic (exact) mass is 205 g/mol. The Morgan fingerprint density at radius 2 is 2.27 bits per heavy atom. The number of hydrogen-bond donors (Lipinski definition) is 1. The number of carbonyl (C=O) groups excluding carboxylic acids is 1. The Kier molecular flexibility index (Phi) is 2.73. The van der Waals surface area contributed by atoms with Gasteiger partial charge in [-0.25, -0.2) is 0 Å². The van der Waals surface area contributed by atoms with Gasteiger partial charge >= 0.3 is 5.97 Å². The van der Waals surface area contributed by atoms with E-state index in [9.17, 15) is 4.79 Å². The third-order valence-corrected chi connectivity index (χ3v) is 2.40. The third kappa shape index (κ3) is 2.36. The van der Waals surface area contributed by atoms with E-state index in [1.165, 1.54) is 5.56 Å². The van der Waals surface area contributed by atoms with Crippen molar-refractivity contribution in [1.29, 1.82) is 0 Å². The van der Waals surface area contributed by atoms with E-state index in [-0.39, 0.29) is 5.97 Å². The van der Waals surface area contributed by atoms with Gasteiger partial charge in [0.2, 0.25) is 0 Å². The molecule has 15 heavy (non-hydrogen) atoms. The topological polar surface area (TPSA) is 38.3 Å². The van der Waals surface area contributed by atoms with E-state index in [2.05, 4.69) is 19.2 Å². The summed E-state index contributed by atoms with van der Waals surface area (Å²) in [5.74, 6) is 0.562. The molecule has 1 aromatic rings. The van der Waals surface area contributed by atoms with Crippen molar-refractivity contribution < 1.29 is 9.53 Å². The van der Waals surface area contributed by atoms with E-state index in [0.717, 1.165) is 12.1 Å². The standard InChI is InChI=1S/C12H15NO2/c1-8(2)13-7-9-3-4-11-10(5-9)6-12(14)15-11/h3-5,8,13H,6-7H2,1-2H3. The van der Waals surface area contributed by atoms with Gasteiger partial charge in [-0.1, -0.05) is 26.0 Å². The summed E-state index contributed by atoms with van der Waals surface area (Å²) in [5, 5.41) is 3.34. The van der Waals surface area contributed by atoms with Gasteiger partial charge in [-0.2, -0.15) is 0 Å². The number of fused-ring (bicyclic) bond motifs is 1. The summed E-state index contributed by atoms with van der Waals surface area (Å²) >= 11 is 0. The lowest BCUT2D eigenvalue weighted by Gasteiger charge is -2.08. The Hall–Kier alpha value is -1.35. The van der Waals surface area contributed by atoms with E-state index in [4.69, 9.17) is 4.74 Å². The normalized spacial score (nSPS) is 14.2. The maximum absolute atomic E-state index is 11.0. The predicted molar refractivity (Wildman–Crippen MR) is 57.8 cm³/mol. The van der Waals surface area contributed by atoms with Crippen molar-refractivity contribution in [1.82, 2.24) is 5.32 Å². The molecule has 0 unspecified atom stereocenters. The number of rotatable bonds is 3. The van der Waals surface area contributed by atoms with Crippen LogP contribution in [0.2, 0.25) is 0 Å². The van der Waals surface area contributed by atoms with E-state index >= 15 is 0 Å². The number of nitrogens with one attached hydrogen (secondary N) is 1. The van der Waals surface area contributed by atoms with E-state index < -0.39 is 0 Å². The van der Waals surface area contributed by atoms with Crippen molar-refractivity contribution >= 4 is 5.97 Å². The zero-order valence-corrected chi connectivity index (χ0v) is 9.04. The molecular formula is C12H15NO2. The highest BCUT2D eigenvalue weighted by Gasteiger charge is 2.19. The van der Waals surface area contributed by atoms with Crippen molar-refractivity contribution in [3.05, 3.63) is 29.3 Å². The average Bonchev–Trinajstić information content (AvgIpc) is 2.53. The first-order valence-corrected chi connectivity index (χ1v) is 5.21. The van der Waals surface area contributed by atoms with E-state index in [1.807, 2.05) is 18.2 Å². The highest BCUT2D eigenvalue weighted by molar-refractivity contribution is 5.81. The molecule has 80 valence electrons. The van der Waals surface area contributed by atoms with E-state index in [0.29, 0.717) is 18.2 Å². The van der Waals surface area contributed by atoms with Crippen molar-refractivity contribution in [2.24, 2.45) is 0 Å². The molecule has 0 aliphatic carbocycles. The van der Waals surface area contributed by atoms with Gasteiger partial charge in [-0.3, -0.25) is 4.79 Å². The van der Waals surface area contributed by atoms with Crippen molar-refractivity contribution in [2.45, 2.75) is 32.9 Å². The Balaban J connectivity index is 2.09. The average molecular weight is 205 g/mol. The largest absolute Gasteiger partial charge is 0.426 e. The zero-order valence-electron chi connectivity index (χ0n) is 9.04. The Bertz CT molecular complexity index is 385. The molecule has 3 heteroatoms. The molecule has 1 aromatic carbocycles. The quantitative estimate of drug-likeness (QED) is 0.602. The number of hydrogen-bond acceptors (Lipinski definition) is 3. The first-order chi connectivity index (χ1) is 7.15. The molecule has 0 saturated heterocycles. The van der Waals surface area contributed by atoms with Gasteiger partial charge < -0.3 is 10.1 Å². The molecule has 0 saturated carbocycles. The fourth-order valence-corrected chi connectivity index (χ4v) is 1.62. The molecule has 0 atom stereocenters. The van der Waals surface area contributed by atoms with E-state index in [1.54, 1.807) is 0 Å². The minimum Gasteiger partial charge on any atom is -0.426 e. The second kappa shape index (κ2) is 4.03. The van der Waals surface area contributed by atoms with Crippen LogP contribution in [0.15, 0.2) is 18.2 Å². The molecule has 2 rings (SSSR count). The predicted octanol–water partition coefficient (Wildman–Crippen LogP) is 1.65. The van der Waals surface area contributed by atoms with Crippen LogP contribution in [-0.4, -0.2) is 12.0 Å². The molecule has 0 spiro atoms. The maximum Gasteiger partial charge on any atom is 0.315 e. The second-order valence-corrected chi connectivity index (χ2v) is 4.13. The molecule has 0 fully saturated rings. The molecule has 1 aliphatic heterocycles. The van der Waals surface area contributed by atoms with Crippen LogP contribution in [-0.2, 0) is 17.8 Å². The minimum atomic E-state index is -0.154. The molecule has 0 bridgehead atoms. The number of benzene rings is 1. The van der Waals surface area contributed by atoms with Gasteiger partial charge in [0.25, 0.3) is 0 Å². The fraction of sp³-hybridized carbons (Fsp3) is 0.417. The van der Waals surface area contributed by atoms with Crippen LogP contribution < -0.4 is 10.1 Å². The van der Waals surface area contributed by atoms with Gasteiger partial charge in [0.1, 0.15) is 5.75 Å².